The van der Waals surface area contributed by atoms with E-state index in [2.05, 4.69) is 5.32 Å². The summed E-state index contributed by atoms with van der Waals surface area (Å²) in [5.41, 5.74) is 2.58. The SMILES string of the molecule is CCOc1ccc(NC(CCOC)c2ccc(F)cc2)cc1CO. The van der Waals surface area contributed by atoms with Crippen molar-refractivity contribution in [3.8, 4) is 5.75 Å². The zero-order valence-electron chi connectivity index (χ0n) is 14.1. The molecule has 2 rings (SSSR count). The molecule has 0 saturated heterocycles. The van der Waals surface area contributed by atoms with E-state index < -0.39 is 0 Å². The van der Waals surface area contributed by atoms with Crippen LogP contribution in [0.15, 0.2) is 42.5 Å². The monoisotopic (exact) mass is 333 g/mol. The molecule has 0 radical (unpaired) electrons. The van der Waals surface area contributed by atoms with Crippen LogP contribution in [0.2, 0.25) is 0 Å². The van der Waals surface area contributed by atoms with Crippen molar-refractivity contribution in [3.63, 3.8) is 0 Å². The number of anilines is 1. The number of hydrogen-bond acceptors (Lipinski definition) is 4. The van der Waals surface area contributed by atoms with Crippen molar-refractivity contribution in [3.05, 3.63) is 59.4 Å². The number of aliphatic hydroxyl groups is 1. The molecule has 2 aromatic rings. The summed E-state index contributed by atoms with van der Waals surface area (Å²) < 4.78 is 23.8. The highest BCUT2D eigenvalue weighted by Crippen LogP contribution is 2.27. The molecule has 0 aromatic heterocycles. The third-order valence-corrected chi connectivity index (χ3v) is 3.75. The maximum atomic E-state index is 13.2. The van der Waals surface area contributed by atoms with E-state index in [0.29, 0.717) is 19.0 Å². The molecule has 130 valence electrons. The molecule has 0 aliphatic heterocycles. The highest BCUT2D eigenvalue weighted by Gasteiger charge is 2.13. The molecule has 1 atom stereocenters. The van der Waals surface area contributed by atoms with E-state index in [0.717, 1.165) is 23.2 Å². The van der Waals surface area contributed by atoms with Crippen molar-refractivity contribution < 1.29 is 19.0 Å². The van der Waals surface area contributed by atoms with E-state index in [9.17, 15) is 9.50 Å². The van der Waals surface area contributed by atoms with Gasteiger partial charge in [0.25, 0.3) is 0 Å². The Labute approximate surface area is 142 Å². The van der Waals surface area contributed by atoms with Crippen LogP contribution in [-0.2, 0) is 11.3 Å². The molecule has 0 heterocycles. The number of rotatable bonds is 9. The Morgan fingerprint density at radius 3 is 2.54 bits per heavy atom. The minimum absolute atomic E-state index is 0.0185. The van der Waals surface area contributed by atoms with Gasteiger partial charge in [-0.1, -0.05) is 12.1 Å². The fourth-order valence-electron chi connectivity index (χ4n) is 2.54. The van der Waals surface area contributed by atoms with Crippen molar-refractivity contribution in [1.29, 1.82) is 0 Å². The summed E-state index contributed by atoms with van der Waals surface area (Å²) in [5.74, 6) is 0.425. The Morgan fingerprint density at radius 2 is 1.92 bits per heavy atom. The molecule has 0 saturated carbocycles. The van der Waals surface area contributed by atoms with Crippen molar-refractivity contribution in [2.45, 2.75) is 26.0 Å². The van der Waals surface area contributed by atoms with Gasteiger partial charge in [0, 0.05) is 25.0 Å². The molecule has 0 aliphatic carbocycles. The lowest BCUT2D eigenvalue weighted by Crippen LogP contribution is -2.13. The van der Waals surface area contributed by atoms with E-state index in [1.54, 1.807) is 19.2 Å². The molecule has 5 heteroatoms. The van der Waals surface area contributed by atoms with Crippen molar-refractivity contribution in [2.75, 3.05) is 25.6 Å². The quantitative estimate of drug-likeness (QED) is 0.730. The third-order valence-electron chi connectivity index (χ3n) is 3.75. The number of nitrogens with one attached hydrogen (secondary N) is 1. The van der Waals surface area contributed by atoms with Gasteiger partial charge in [0.15, 0.2) is 0 Å². The van der Waals surface area contributed by atoms with E-state index >= 15 is 0 Å². The first-order chi connectivity index (χ1) is 11.7. The lowest BCUT2D eigenvalue weighted by Gasteiger charge is -2.21. The van der Waals surface area contributed by atoms with Crippen LogP contribution >= 0.6 is 0 Å². The van der Waals surface area contributed by atoms with Crippen molar-refractivity contribution >= 4 is 5.69 Å². The maximum Gasteiger partial charge on any atom is 0.124 e. The molecule has 0 spiro atoms. The number of halogens is 1. The lowest BCUT2D eigenvalue weighted by molar-refractivity contribution is 0.190. The van der Waals surface area contributed by atoms with Gasteiger partial charge in [0.2, 0.25) is 0 Å². The van der Waals surface area contributed by atoms with E-state index in [-0.39, 0.29) is 18.5 Å². The second-order valence-corrected chi connectivity index (χ2v) is 5.44. The molecule has 0 fully saturated rings. The lowest BCUT2D eigenvalue weighted by atomic mass is 10.0. The average molecular weight is 333 g/mol. The van der Waals surface area contributed by atoms with Crippen LogP contribution in [0.25, 0.3) is 0 Å². The second-order valence-electron chi connectivity index (χ2n) is 5.44. The fraction of sp³-hybridized carbons (Fsp3) is 0.368. The summed E-state index contributed by atoms with van der Waals surface area (Å²) in [7, 11) is 1.66. The molecule has 2 N–H and O–H groups in total. The third kappa shape index (κ3) is 4.94. The van der Waals surface area contributed by atoms with Crippen LogP contribution in [0.1, 0.15) is 30.5 Å². The first kappa shape index (κ1) is 18.2. The Bertz CT molecular complexity index is 631. The number of hydrogen-bond donors (Lipinski definition) is 2. The summed E-state index contributed by atoms with van der Waals surface area (Å²) in [5, 5.41) is 12.9. The summed E-state index contributed by atoms with van der Waals surface area (Å²) >= 11 is 0. The first-order valence-corrected chi connectivity index (χ1v) is 8.05. The van der Waals surface area contributed by atoms with E-state index in [4.69, 9.17) is 9.47 Å². The number of methoxy groups -OCH3 is 1. The van der Waals surface area contributed by atoms with Crippen LogP contribution in [0.5, 0.6) is 5.75 Å². The van der Waals surface area contributed by atoms with E-state index in [1.165, 1.54) is 12.1 Å². The molecule has 24 heavy (non-hydrogen) atoms. The molecule has 0 aliphatic rings. The predicted octanol–water partition coefficient (Wildman–Crippen LogP) is 3.91. The van der Waals surface area contributed by atoms with Gasteiger partial charge in [-0.3, -0.25) is 0 Å². The zero-order valence-corrected chi connectivity index (χ0v) is 14.1. The van der Waals surface area contributed by atoms with Gasteiger partial charge in [0.1, 0.15) is 11.6 Å². The van der Waals surface area contributed by atoms with Gasteiger partial charge in [0.05, 0.1) is 19.3 Å². The van der Waals surface area contributed by atoms with Gasteiger partial charge < -0.3 is 19.9 Å². The minimum atomic E-state index is -0.257. The fourth-order valence-corrected chi connectivity index (χ4v) is 2.54. The molecule has 0 amide bonds. The molecular formula is C19H24FNO3. The van der Waals surface area contributed by atoms with Crippen LogP contribution in [0, 0.1) is 5.82 Å². The van der Waals surface area contributed by atoms with Crippen LogP contribution in [0.3, 0.4) is 0 Å². The van der Waals surface area contributed by atoms with Crippen LogP contribution in [-0.4, -0.2) is 25.4 Å². The Hall–Kier alpha value is -2.11. The maximum absolute atomic E-state index is 13.2. The van der Waals surface area contributed by atoms with Crippen LogP contribution < -0.4 is 10.1 Å². The number of ether oxygens (including phenoxy) is 2. The van der Waals surface area contributed by atoms with Gasteiger partial charge in [-0.25, -0.2) is 4.39 Å². The van der Waals surface area contributed by atoms with Gasteiger partial charge in [-0.15, -0.1) is 0 Å². The normalized spacial score (nSPS) is 12.0. The summed E-state index contributed by atoms with van der Waals surface area (Å²) in [4.78, 5) is 0. The molecule has 0 bridgehead atoms. The summed E-state index contributed by atoms with van der Waals surface area (Å²) in [6.07, 6.45) is 0.740. The summed E-state index contributed by atoms with van der Waals surface area (Å²) in [6, 6.07) is 12.0. The summed E-state index contributed by atoms with van der Waals surface area (Å²) in [6.45, 7) is 2.94. The largest absolute Gasteiger partial charge is 0.494 e. The molecule has 4 nitrogen and oxygen atoms in total. The molecular weight excluding hydrogens is 309 g/mol. The van der Waals surface area contributed by atoms with Gasteiger partial charge >= 0.3 is 0 Å². The van der Waals surface area contributed by atoms with Crippen LogP contribution in [0.4, 0.5) is 10.1 Å². The zero-order chi connectivity index (χ0) is 17.4. The van der Waals surface area contributed by atoms with Gasteiger partial charge in [-0.2, -0.15) is 0 Å². The Balaban J connectivity index is 2.20. The van der Waals surface area contributed by atoms with Crippen molar-refractivity contribution in [2.24, 2.45) is 0 Å². The van der Waals surface area contributed by atoms with Crippen molar-refractivity contribution in [1.82, 2.24) is 0 Å². The number of benzene rings is 2. The number of aliphatic hydroxyl groups excluding tert-OH is 1. The Kier molecular flexibility index (Phi) is 7.03. The molecule has 1 unspecified atom stereocenters. The molecule has 2 aromatic carbocycles. The topological polar surface area (TPSA) is 50.7 Å². The predicted molar refractivity (Wildman–Crippen MR) is 92.8 cm³/mol. The minimum Gasteiger partial charge on any atom is -0.494 e. The Morgan fingerprint density at radius 1 is 1.17 bits per heavy atom. The standard InChI is InChI=1S/C19H24FNO3/c1-3-24-19-9-8-17(12-15(19)13-22)21-18(10-11-23-2)14-4-6-16(20)7-5-14/h4-9,12,18,21-22H,3,10-11,13H2,1-2H3. The average Bonchev–Trinajstić information content (AvgIpc) is 2.60. The van der Waals surface area contributed by atoms with Gasteiger partial charge in [-0.05, 0) is 49.2 Å². The van der Waals surface area contributed by atoms with E-state index in [1.807, 2.05) is 25.1 Å². The first-order valence-electron chi connectivity index (χ1n) is 8.05. The smallest absolute Gasteiger partial charge is 0.124 e. The highest BCUT2D eigenvalue weighted by molar-refractivity contribution is 5.52. The highest BCUT2D eigenvalue weighted by atomic mass is 19.1. The second kappa shape index (κ2) is 9.25.